The Bertz CT molecular complexity index is 756. The van der Waals surface area contributed by atoms with Gasteiger partial charge < -0.3 is 4.74 Å². The number of benzene rings is 2. The number of hydrogen-bond acceptors (Lipinski definition) is 4. The zero-order chi connectivity index (χ0) is 18.8. The highest BCUT2D eigenvalue weighted by molar-refractivity contribution is 9.10. The number of hydrogen-bond donors (Lipinski definition) is 0. The number of esters is 1. The van der Waals surface area contributed by atoms with Gasteiger partial charge in [-0.25, -0.2) is 4.79 Å². The van der Waals surface area contributed by atoms with Crippen LogP contribution >= 0.6 is 31.9 Å². The van der Waals surface area contributed by atoms with E-state index in [2.05, 4.69) is 41.8 Å². The molecule has 0 amide bonds. The van der Waals surface area contributed by atoms with Gasteiger partial charge in [-0.3, -0.25) is 9.98 Å². The molecule has 1 atom stereocenters. The maximum absolute atomic E-state index is 11.9. The number of aliphatic imine (C=N–C) groups is 2. The summed E-state index contributed by atoms with van der Waals surface area (Å²) >= 11 is 6.80. The largest absolute Gasteiger partial charge is 0.467 e. The van der Waals surface area contributed by atoms with Crippen LogP contribution < -0.4 is 0 Å². The van der Waals surface area contributed by atoms with Crippen LogP contribution in [0, 0.1) is 0 Å². The highest BCUT2D eigenvalue weighted by Gasteiger charge is 2.16. The van der Waals surface area contributed by atoms with Gasteiger partial charge in [0.2, 0.25) is 0 Å². The number of nitrogens with zero attached hydrogens (tertiary/aromatic N) is 2. The van der Waals surface area contributed by atoms with Crippen molar-refractivity contribution < 1.29 is 9.53 Å². The molecule has 2 rings (SSSR count). The maximum atomic E-state index is 11.9. The molecule has 0 saturated carbocycles. The van der Waals surface area contributed by atoms with Crippen molar-refractivity contribution in [2.24, 2.45) is 9.98 Å². The quantitative estimate of drug-likeness (QED) is 0.301. The molecule has 0 aliphatic carbocycles. The Morgan fingerprint density at radius 1 is 1.00 bits per heavy atom. The Kier molecular flexibility index (Phi) is 8.71. The topological polar surface area (TPSA) is 51.0 Å². The molecule has 0 spiro atoms. The first-order valence-electron chi connectivity index (χ1n) is 8.20. The van der Waals surface area contributed by atoms with Gasteiger partial charge in [-0.15, -0.1) is 0 Å². The Balaban J connectivity index is 1.86. The van der Waals surface area contributed by atoms with E-state index >= 15 is 0 Å². The molecule has 0 heterocycles. The third kappa shape index (κ3) is 7.22. The highest BCUT2D eigenvalue weighted by Crippen LogP contribution is 2.11. The second-order valence-electron chi connectivity index (χ2n) is 5.60. The molecule has 6 heteroatoms. The van der Waals surface area contributed by atoms with Gasteiger partial charge in [-0.2, -0.15) is 0 Å². The summed E-state index contributed by atoms with van der Waals surface area (Å²) in [7, 11) is 1.39. The lowest BCUT2D eigenvalue weighted by atomic mass is 10.1. The molecule has 4 nitrogen and oxygen atoms in total. The molecule has 26 heavy (non-hydrogen) atoms. The van der Waals surface area contributed by atoms with Crippen molar-refractivity contribution in [3.05, 3.63) is 68.6 Å². The van der Waals surface area contributed by atoms with Crippen LogP contribution in [0.5, 0.6) is 0 Å². The van der Waals surface area contributed by atoms with Crippen molar-refractivity contribution in [1.29, 1.82) is 0 Å². The lowest BCUT2D eigenvalue weighted by molar-refractivity contribution is -0.142. The van der Waals surface area contributed by atoms with Crippen molar-refractivity contribution in [3.63, 3.8) is 0 Å². The van der Waals surface area contributed by atoms with Crippen LogP contribution in [0.4, 0.5) is 0 Å². The Morgan fingerprint density at radius 2 is 1.54 bits per heavy atom. The minimum atomic E-state index is -0.508. The van der Waals surface area contributed by atoms with E-state index in [1.54, 1.807) is 6.21 Å². The lowest BCUT2D eigenvalue weighted by Crippen LogP contribution is -2.20. The molecular weight excluding hydrogens is 460 g/mol. The molecule has 0 bridgehead atoms. The number of carbonyl (C=O) groups excluding carboxylic acids is 1. The molecule has 0 aliphatic heterocycles. The standard InChI is InChI=1S/C20H20Br2N2O2/c1-26-20(25)19(24-14-16-6-10-18(22)11-7-16)3-2-12-23-13-15-4-8-17(21)9-5-15/h4-11,13-14,19H,2-3,12H2,1H3. The van der Waals surface area contributed by atoms with Crippen molar-refractivity contribution >= 4 is 50.3 Å². The average molecular weight is 480 g/mol. The summed E-state index contributed by atoms with van der Waals surface area (Å²) in [5, 5.41) is 0. The molecule has 2 aromatic carbocycles. The third-order valence-corrected chi connectivity index (χ3v) is 4.68. The molecule has 1 unspecified atom stereocenters. The summed E-state index contributed by atoms with van der Waals surface area (Å²) < 4.78 is 6.90. The van der Waals surface area contributed by atoms with Crippen molar-refractivity contribution in [3.8, 4) is 0 Å². The zero-order valence-electron chi connectivity index (χ0n) is 14.4. The van der Waals surface area contributed by atoms with E-state index in [9.17, 15) is 4.79 Å². The van der Waals surface area contributed by atoms with Gasteiger partial charge in [0.1, 0.15) is 6.04 Å². The zero-order valence-corrected chi connectivity index (χ0v) is 17.6. The van der Waals surface area contributed by atoms with E-state index < -0.39 is 6.04 Å². The molecule has 0 N–H and O–H groups in total. The van der Waals surface area contributed by atoms with Gasteiger partial charge in [0.25, 0.3) is 0 Å². The monoisotopic (exact) mass is 478 g/mol. The summed E-state index contributed by atoms with van der Waals surface area (Å²) in [5.41, 5.74) is 1.99. The van der Waals surface area contributed by atoms with Gasteiger partial charge in [-0.05, 0) is 48.2 Å². The summed E-state index contributed by atoms with van der Waals surface area (Å²) in [6.45, 7) is 0.636. The van der Waals surface area contributed by atoms with Crippen LogP contribution in [0.1, 0.15) is 24.0 Å². The Morgan fingerprint density at radius 3 is 2.08 bits per heavy atom. The predicted octanol–water partition coefficient (Wildman–Crippen LogP) is 5.07. The van der Waals surface area contributed by atoms with Gasteiger partial charge in [0.05, 0.1) is 7.11 Å². The molecule has 0 aromatic heterocycles. The van der Waals surface area contributed by atoms with E-state index in [1.165, 1.54) is 7.11 Å². The van der Waals surface area contributed by atoms with Crippen LogP contribution in [0.2, 0.25) is 0 Å². The number of ether oxygens (including phenoxy) is 1. The van der Waals surface area contributed by atoms with Crippen LogP contribution in [0.3, 0.4) is 0 Å². The first-order chi connectivity index (χ1) is 12.6. The van der Waals surface area contributed by atoms with Gasteiger partial charge in [0.15, 0.2) is 0 Å². The first kappa shape index (κ1) is 20.5. The summed E-state index contributed by atoms with van der Waals surface area (Å²) in [5.74, 6) is -0.324. The smallest absolute Gasteiger partial charge is 0.330 e. The van der Waals surface area contributed by atoms with Gasteiger partial charge in [0, 0.05) is 27.9 Å². The minimum absolute atomic E-state index is 0.324. The normalized spacial score (nSPS) is 12.6. The molecular formula is C20H20Br2N2O2. The summed E-state index contributed by atoms with van der Waals surface area (Å²) in [6, 6.07) is 15.2. The predicted molar refractivity (Wildman–Crippen MR) is 113 cm³/mol. The summed E-state index contributed by atoms with van der Waals surface area (Å²) in [4.78, 5) is 20.7. The number of methoxy groups -OCH3 is 1. The number of rotatable bonds is 8. The molecule has 136 valence electrons. The second-order valence-corrected chi connectivity index (χ2v) is 7.43. The van der Waals surface area contributed by atoms with E-state index in [0.29, 0.717) is 13.0 Å². The van der Waals surface area contributed by atoms with Crippen LogP contribution in [-0.4, -0.2) is 38.1 Å². The minimum Gasteiger partial charge on any atom is -0.467 e. The maximum Gasteiger partial charge on any atom is 0.330 e. The molecule has 0 saturated heterocycles. The van der Waals surface area contributed by atoms with E-state index in [-0.39, 0.29) is 5.97 Å². The van der Waals surface area contributed by atoms with Crippen LogP contribution in [-0.2, 0) is 9.53 Å². The fourth-order valence-corrected chi connectivity index (χ4v) is 2.74. The second kappa shape index (κ2) is 11.0. The van der Waals surface area contributed by atoms with Gasteiger partial charge in [-0.1, -0.05) is 56.1 Å². The number of halogens is 2. The average Bonchev–Trinajstić information content (AvgIpc) is 2.66. The van der Waals surface area contributed by atoms with Crippen LogP contribution in [0.25, 0.3) is 0 Å². The van der Waals surface area contributed by atoms with Gasteiger partial charge >= 0.3 is 5.97 Å². The Hall–Kier alpha value is -1.79. The third-order valence-electron chi connectivity index (χ3n) is 3.62. The van der Waals surface area contributed by atoms with E-state index in [4.69, 9.17) is 4.74 Å². The Labute approximate surface area is 170 Å². The number of carbonyl (C=O) groups is 1. The highest BCUT2D eigenvalue weighted by atomic mass is 79.9. The summed E-state index contributed by atoms with van der Waals surface area (Å²) in [6.07, 6.45) is 4.89. The van der Waals surface area contributed by atoms with Crippen molar-refractivity contribution in [2.75, 3.05) is 13.7 Å². The van der Waals surface area contributed by atoms with E-state index in [1.807, 2.05) is 54.7 Å². The molecule has 0 radical (unpaired) electrons. The molecule has 0 aliphatic rings. The first-order valence-corrected chi connectivity index (χ1v) is 9.79. The van der Waals surface area contributed by atoms with Crippen LogP contribution in [0.15, 0.2) is 67.5 Å². The van der Waals surface area contributed by atoms with Crippen molar-refractivity contribution in [1.82, 2.24) is 0 Å². The van der Waals surface area contributed by atoms with Crippen molar-refractivity contribution in [2.45, 2.75) is 18.9 Å². The lowest BCUT2D eigenvalue weighted by Gasteiger charge is -2.09. The molecule has 2 aromatic rings. The SMILES string of the molecule is COC(=O)C(CCCN=Cc1ccc(Br)cc1)N=Cc1ccc(Br)cc1. The molecule has 0 fully saturated rings. The van der Waals surface area contributed by atoms with E-state index in [0.717, 1.165) is 26.5 Å². The fourth-order valence-electron chi connectivity index (χ4n) is 2.21. The fraction of sp³-hybridized carbons (Fsp3) is 0.250.